The van der Waals surface area contributed by atoms with Gasteiger partial charge in [-0.15, -0.1) is 0 Å². The number of hydrogen-bond acceptors (Lipinski definition) is 7. The van der Waals surface area contributed by atoms with Gasteiger partial charge in [-0.05, 0) is 24.1 Å². The highest BCUT2D eigenvalue weighted by Gasteiger charge is 2.11. The molecule has 1 N–H and O–H groups in total. The Morgan fingerprint density at radius 3 is 2.40 bits per heavy atom. The molecule has 0 aliphatic carbocycles. The highest BCUT2D eigenvalue weighted by Crippen LogP contribution is 2.27. The lowest BCUT2D eigenvalue weighted by molar-refractivity contribution is -0.120. The summed E-state index contributed by atoms with van der Waals surface area (Å²) in [6.45, 7) is 1.91. The monoisotopic (exact) mass is 406 g/mol. The molecule has 0 unspecified atom stereocenters. The molecule has 8 heteroatoms. The van der Waals surface area contributed by atoms with Gasteiger partial charge in [-0.3, -0.25) is 4.79 Å². The number of rotatable bonds is 8. The van der Waals surface area contributed by atoms with Gasteiger partial charge in [0.2, 0.25) is 17.7 Å². The third-order valence-electron chi connectivity index (χ3n) is 4.15. The van der Waals surface area contributed by atoms with Gasteiger partial charge in [-0.2, -0.15) is 15.1 Å². The summed E-state index contributed by atoms with van der Waals surface area (Å²) in [6, 6.07) is 16.6. The van der Waals surface area contributed by atoms with Crippen molar-refractivity contribution in [2.24, 2.45) is 5.10 Å². The summed E-state index contributed by atoms with van der Waals surface area (Å²) in [5.74, 6) is 0.890. The Morgan fingerprint density at radius 1 is 1.03 bits per heavy atom. The van der Waals surface area contributed by atoms with Gasteiger partial charge in [-0.25, -0.2) is 5.43 Å². The van der Waals surface area contributed by atoms with Gasteiger partial charge in [0.15, 0.2) is 0 Å². The van der Waals surface area contributed by atoms with Crippen LogP contribution in [0, 0.1) is 6.92 Å². The highest BCUT2D eigenvalue weighted by molar-refractivity contribution is 5.87. The summed E-state index contributed by atoms with van der Waals surface area (Å²) in [5.41, 5.74) is 5.04. The van der Waals surface area contributed by atoms with Gasteiger partial charge in [-0.1, -0.05) is 42.5 Å². The summed E-state index contributed by atoms with van der Waals surface area (Å²) in [7, 11) is 2.99. The topological polar surface area (TPSA) is 94.9 Å². The second-order valence-electron chi connectivity index (χ2n) is 6.28. The van der Waals surface area contributed by atoms with Crippen LogP contribution in [0.1, 0.15) is 16.7 Å². The van der Waals surface area contributed by atoms with Crippen molar-refractivity contribution in [2.75, 3.05) is 14.2 Å². The van der Waals surface area contributed by atoms with Crippen molar-refractivity contribution in [3.05, 3.63) is 71.3 Å². The Balaban J connectivity index is 1.75. The third kappa shape index (κ3) is 5.54. The fourth-order valence-corrected chi connectivity index (χ4v) is 2.63. The van der Waals surface area contributed by atoms with E-state index in [0.717, 1.165) is 11.1 Å². The number of nitrogens with one attached hydrogen (secondary N) is 1. The van der Waals surface area contributed by atoms with Crippen molar-refractivity contribution >= 4 is 12.1 Å². The zero-order valence-corrected chi connectivity index (χ0v) is 17.0. The zero-order chi connectivity index (χ0) is 21.3. The number of ether oxygens (including phenoxy) is 3. The van der Waals surface area contributed by atoms with E-state index in [2.05, 4.69) is 20.5 Å². The smallest absolute Gasteiger partial charge is 0.328 e. The SMILES string of the molecule is COc1cc(OC)nc(Oc2cccc(C)c2/C=N/NC(=O)Cc2ccccc2)n1. The number of amides is 1. The minimum absolute atomic E-state index is 0.0690. The van der Waals surface area contributed by atoms with Crippen molar-refractivity contribution < 1.29 is 19.0 Å². The molecule has 3 aromatic rings. The number of hydrazone groups is 1. The maximum atomic E-state index is 12.1. The lowest BCUT2D eigenvalue weighted by atomic mass is 10.1. The Kier molecular flexibility index (Phi) is 6.94. The predicted molar refractivity (Wildman–Crippen MR) is 112 cm³/mol. The second kappa shape index (κ2) is 10.0. The van der Waals surface area contributed by atoms with Crippen LogP contribution in [0.15, 0.2) is 59.7 Å². The van der Waals surface area contributed by atoms with E-state index in [1.807, 2.05) is 49.4 Å². The van der Waals surface area contributed by atoms with Crippen LogP contribution in [0.4, 0.5) is 0 Å². The molecular weight excluding hydrogens is 384 g/mol. The Labute approximate surface area is 174 Å². The molecule has 30 heavy (non-hydrogen) atoms. The maximum absolute atomic E-state index is 12.1. The minimum atomic E-state index is -0.214. The molecule has 3 rings (SSSR count). The molecule has 0 spiro atoms. The van der Waals surface area contributed by atoms with Crippen molar-refractivity contribution in [3.63, 3.8) is 0 Å². The van der Waals surface area contributed by atoms with Crippen molar-refractivity contribution in [2.45, 2.75) is 13.3 Å². The summed E-state index contributed by atoms with van der Waals surface area (Å²) in [4.78, 5) is 20.4. The zero-order valence-electron chi connectivity index (χ0n) is 17.0. The first-order valence-electron chi connectivity index (χ1n) is 9.19. The van der Waals surface area contributed by atoms with Gasteiger partial charge in [0, 0.05) is 5.56 Å². The molecule has 0 atom stereocenters. The molecule has 0 saturated heterocycles. The molecule has 1 amide bonds. The summed E-state index contributed by atoms with van der Waals surface area (Å²) >= 11 is 0. The molecule has 0 aliphatic rings. The third-order valence-corrected chi connectivity index (χ3v) is 4.15. The van der Waals surface area contributed by atoms with E-state index in [4.69, 9.17) is 14.2 Å². The number of carbonyl (C=O) groups excluding carboxylic acids is 1. The van der Waals surface area contributed by atoms with Crippen molar-refractivity contribution in [1.29, 1.82) is 0 Å². The molecule has 0 radical (unpaired) electrons. The van der Waals surface area contributed by atoms with E-state index < -0.39 is 0 Å². The number of aromatic nitrogens is 2. The number of carbonyl (C=O) groups is 1. The first-order chi connectivity index (χ1) is 14.6. The van der Waals surface area contributed by atoms with Crippen molar-refractivity contribution in [3.8, 4) is 23.5 Å². The normalized spacial score (nSPS) is 10.6. The van der Waals surface area contributed by atoms with Crippen LogP contribution in [0.5, 0.6) is 23.5 Å². The Bertz CT molecular complexity index is 1020. The fourth-order valence-electron chi connectivity index (χ4n) is 2.63. The molecule has 1 aromatic heterocycles. The van der Waals surface area contributed by atoms with E-state index in [1.54, 1.807) is 12.1 Å². The number of methoxy groups -OCH3 is 2. The van der Waals surface area contributed by atoms with Crippen LogP contribution in [-0.2, 0) is 11.2 Å². The highest BCUT2D eigenvalue weighted by atomic mass is 16.5. The van der Waals surface area contributed by atoms with E-state index in [0.29, 0.717) is 23.1 Å². The lowest BCUT2D eigenvalue weighted by Gasteiger charge is -2.11. The molecule has 154 valence electrons. The van der Waals surface area contributed by atoms with E-state index in [9.17, 15) is 4.79 Å². The quantitative estimate of drug-likeness (QED) is 0.456. The summed E-state index contributed by atoms with van der Waals surface area (Å²) < 4.78 is 16.1. The van der Waals surface area contributed by atoms with Gasteiger partial charge in [0.05, 0.1) is 32.9 Å². The van der Waals surface area contributed by atoms with Gasteiger partial charge in [0.25, 0.3) is 0 Å². The summed E-state index contributed by atoms with van der Waals surface area (Å²) in [5, 5.41) is 4.07. The maximum Gasteiger partial charge on any atom is 0.328 e. The Hall–Kier alpha value is -3.94. The standard InChI is InChI=1S/C22H22N4O4/c1-15-8-7-11-18(30-22-24-20(28-2)13-21(25-22)29-3)17(15)14-23-26-19(27)12-16-9-5-4-6-10-16/h4-11,13-14H,12H2,1-3H3,(H,26,27)/b23-14+. The molecule has 1 heterocycles. The molecule has 2 aromatic carbocycles. The van der Waals surface area contributed by atoms with Crippen LogP contribution in [0.2, 0.25) is 0 Å². The predicted octanol–water partition coefficient (Wildman–Crippen LogP) is 3.29. The Morgan fingerprint density at radius 2 is 1.73 bits per heavy atom. The van der Waals surface area contributed by atoms with Crippen LogP contribution in [0.25, 0.3) is 0 Å². The number of hydrogen-bond donors (Lipinski definition) is 1. The van der Waals surface area contributed by atoms with Crippen LogP contribution in [0.3, 0.4) is 0 Å². The molecule has 0 fully saturated rings. The molecule has 8 nitrogen and oxygen atoms in total. The largest absolute Gasteiger partial charge is 0.481 e. The van der Waals surface area contributed by atoms with E-state index in [1.165, 1.54) is 20.4 Å². The molecular formula is C22H22N4O4. The number of aryl methyl sites for hydroxylation is 1. The number of nitrogens with zero attached hydrogens (tertiary/aromatic N) is 3. The van der Waals surface area contributed by atoms with Crippen molar-refractivity contribution in [1.82, 2.24) is 15.4 Å². The van der Waals surface area contributed by atoms with Crippen LogP contribution in [-0.4, -0.2) is 36.3 Å². The first-order valence-corrected chi connectivity index (χ1v) is 9.19. The van der Waals surface area contributed by atoms with Crippen LogP contribution < -0.4 is 19.6 Å². The van der Waals surface area contributed by atoms with Gasteiger partial charge in [0.1, 0.15) is 5.75 Å². The summed E-state index contributed by atoms with van der Waals surface area (Å²) in [6.07, 6.45) is 1.78. The fraction of sp³-hybridized carbons (Fsp3) is 0.182. The van der Waals surface area contributed by atoms with E-state index >= 15 is 0 Å². The first kappa shape index (κ1) is 20.8. The van der Waals surface area contributed by atoms with Crippen LogP contribution >= 0.6 is 0 Å². The molecule has 0 bridgehead atoms. The average molecular weight is 406 g/mol. The molecule has 0 aliphatic heterocycles. The lowest BCUT2D eigenvalue weighted by Crippen LogP contribution is -2.19. The minimum Gasteiger partial charge on any atom is -0.481 e. The van der Waals surface area contributed by atoms with Gasteiger partial charge >= 0.3 is 6.01 Å². The van der Waals surface area contributed by atoms with E-state index in [-0.39, 0.29) is 18.3 Å². The van der Waals surface area contributed by atoms with Gasteiger partial charge < -0.3 is 14.2 Å². The molecule has 0 saturated carbocycles. The number of benzene rings is 2. The second-order valence-corrected chi connectivity index (χ2v) is 6.28. The average Bonchev–Trinajstić information content (AvgIpc) is 2.76.